The van der Waals surface area contributed by atoms with Gasteiger partial charge in [0.15, 0.2) is 0 Å². The maximum atomic E-state index is 12.8. The number of benzene rings is 1. The minimum atomic E-state index is -0.615. The van der Waals surface area contributed by atoms with Gasteiger partial charge in [-0.1, -0.05) is 68.4 Å². The first-order valence-corrected chi connectivity index (χ1v) is 15.2. The lowest BCUT2D eigenvalue weighted by Crippen LogP contribution is -2.54. The third kappa shape index (κ3) is 16.2. The van der Waals surface area contributed by atoms with E-state index in [0.29, 0.717) is 49.8 Å². The number of hydrogen-bond acceptors (Lipinski definition) is 5. The van der Waals surface area contributed by atoms with Crippen LogP contribution >= 0.6 is 0 Å². The Labute approximate surface area is 249 Å². The normalized spacial score (nSPS) is 12.3. The van der Waals surface area contributed by atoms with E-state index in [2.05, 4.69) is 42.0 Å². The molecule has 0 saturated heterocycles. The van der Waals surface area contributed by atoms with Gasteiger partial charge in [-0.15, -0.1) is 0 Å². The van der Waals surface area contributed by atoms with Crippen LogP contribution in [-0.4, -0.2) is 73.3 Å². The van der Waals surface area contributed by atoms with Crippen molar-refractivity contribution in [3.8, 4) is 0 Å². The van der Waals surface area contributed by atoms with Crippen molar-refractivity contribution in [2.75, 3.05) is 32.7 Å². The Morgan fingerprint density at radius 3 is 1.85 bits per heavy atom. The van der Waals surface area contributed by atoms with Gasteiger partial charge in [0.2, 0.25) is 11.8 Å². The van der Waals surface area contributed by atoms with Crippen LogP contribution in [0.3, 0.4) is 0 Å². The molecule has 0 aliphatic rings. The van der Waals surface area contributed by atoms with Gasteiger partial charge < -0.3 is 26.2 Å². The van der Waals surface area contributed by atoms with Crippen molar-refractivity contribution < 1.29 is 19.2 Å². The van der Waals surface area contributed by atoms with Crippen molar-refractivity contribution in [2.24, 2.45) is 17.8 Å². The zero-order valence-corrected chi connectivity index (χ0v) is 27.2. The highest BCUT2D eigenvalue weighted by Crippen LogP contribution is 2.10. The van der Waals surface area contributed by atoms with E-state index in [1.165, 1.54) is 0 Å². The molecule has 9 nitrogen and oxygen atoms in total. The molecule has 9 heteroatoms. The Morgan fingerprint density at radius 1 is 0.780 bits per heavy atom. The van der Waals surface area contributed by atoms with Crippen LogP contribution in [0.1, 0.15) is 103 Å². The van der Waals surface area contributed by atoms with Crippen LogP contribution in [0.4, 0.5) is 0 Å². The number of amides is 4. The molecule has 0 spiro atoms. The van der Waals surface area contributed by atoms with Gasteiger partial charge in [-0.2, -0.15) is 0 Å². The number of carbonyl (C=O) groups excluding carboxylic acids is 4. The van der Waals surface area contributed by atoms with Gasteiger partial charge in [-0.05, 0) is 55.7 Å². The number of carbonyl (C=O) groups is 4. The molecule has 0 bridgehead atoms. The topological polar surface area (TPSA) is 120 Å². The number of nitrogens with zero attached hydrogens (tertiary/aromatic N) is 1. The van der Waals surface area contributed by atoms with E-state index in [4.69, 9.17) is 0 Å². The number of rotatable bonds is 16. The maximum Gasteiger partial charge on any atom is 0.253 e. The van der Waals surface area contributed by atoms with Crippen LogP contribution in [0.2, 0.25) is 0 Å². The van der Waals surface area contributed by atoms with Crippen LogP contribution in [0, 0.1) is 17.8 Å². The first-order chi connectivity index (χ1) is 19.2. The van der Waals surface area contributed by atoms with E-state index in [9.17, 15) is 19.2 Å². The third-order valence-electron chi connectivity index (χ3n) is 5.83. The number of hydrogen-bond donors (Lipinski definition) is 4. The van der Waals surface area contributed by atoms with E-state index in [1.807, 2.05) is 46.4 Å². The lowest BCUT2D eigenvalue weighted by atomic mass is 10.0. The molecule has 0 aliphatic carbocycles. The quantitative estimate of drug-likeness (QED) is 0.220. The van der Waals surface area contributed by atoms with Crippen LogP contribution in [0.15, 0.2) is 24.3 Å². The minimum Gasteiger partial charge on any atom is -0.354 e. The fourth-order valence-electron chi connectivity index (χ4n) is 3.72. The highest BCUT2D eigenvalue weighted by atomic mass is 16.2. The van der Waals surface area contributed by atoms with Gasteiger partial charge >= 0.3 is 0 Å². The van der Waals surface area contributed by atoms with Crippen LogP contribution in [0.5, 0.6) is 0 Å². The lowest BCUT2D eigenvalue weighted by Gasteiger charge is -2.24. The fraction of sp³-hybridized carbons (Fsp3) is 0.688. The largest absolute Gasteiger partial charge is 0.354 e. The summed E-state index contributed by atoms with van der Waals surface area (Å²) in [7, 11) is 0. The van der Waals surface area contributed by atoms with Gasteiger partial charge in [-0.3, -0.25) is 19.2 Å². The molecular weight excluding hydrogens is 518 g/mol. The van der Waals surface area contributed by atoms with Crippen LogP contribution in [0.25, 0.3) is 0 Å². The molecule has 0 heterocycles. The van der Waals surface area contributed by atoms with Gasteiger partial charge in [0, 0.05) is 43.9 Å². The SMILES string of the molecule is CC(C)C.CCCN(CCC)C(=O)c1cccc(C(=O)NCCNC(C)C(=O)NC(C(=O)NCC(C)C)C(C)C)c1. The highest BCUT2D eigenvalue weighted by Gasteiger charge is 2.26. The van der Waals surface area contributed by atoms with E-state index >= 15 is 0 Å². The molecule has 0 saturated carbocycles. The second-order valence-electron chi connectivity index (χ2n) is 11.9. The Morgan fingerprint density at radius 2 is 1.34 bits per heavy atom. The molecule has 234 valence electrons. The Hall–Kier alpha value is -2.94. The van der Waals surface area contributed by atoms with E-state index in [-0.39, 0.29) is 29.5 Å². The van der Waals surface area contributed by atoms with E-state index in [0.717, 1.165) is 18.8 Å². The van der Waals surface area contributed by atoms with Gasteiger partial charge in [0.05, 0.1) is 6.04 Å². The van der Waals surface area contributed by atoms with Crippen molar-refractivity contribution in [1.29, 1.82) is 0 Å². The molecule has 2 atom stereocenters. The average Bonchev–Trinajstić information content (AvgIpc) is 2.91. The van der Waals surface area contributed by atoms with Crippen molar-refractivity contribution in [3.05, 3.63) is 35.4 Å². The molecule has 1 rings (SSSR count). The van der Waals surface area contributed by atoms with E-state index in [1.54, 1.807) is 31.2 Å². The fourth-order valence-corrected chi connectivity index (χ4v) is 3.72. The number of nitrogens with one attached hydrogen (secondary N) is 4. The first kappa shape index (κ1) is 38.1. The predicted octanol–water partition coefficient (Wildman–Crippen LogP) is 4.23. The van der Waals surface area contributed by atoms with Crippen LogP contribution in [-0.2, 0) is 9.59 Å². The van der Waals surface area contributed by atoms with E-state index < -0.39 is 12.1 Å². The average molecular weight is 576 g/mol. The predicted molar refractivity (Wildman–Crippen MR) is 168 cm³/mol. The summed E-state index contributed by atoms with van der Waals surface area (Å²) in [5.41, 5.74) is 0.909. The van der Waals surface area contributed by atoms with Crippen molar-refractivity contribution >= 4 is 23.6 Å². The summed E-state index contributed by atoms with van der Waals surface area (Å²) in [6.07, 6.45) is 1.75. The summed E-state index contributed by atoms with van der Waals surface area (Å²) in [6.45, 7) is 22.7. The molecule has 4 N–H and O–H groups in total. The zero-order chi connectivity index (χ0) is 31.5. The lowest BCUT2D eigenvalue weighted by molar-refractivity contribution is -0.130. The summed E-state index contributed by atoms with van der Waals surface area (Å²) in [5.74, 6) is 0.277. The summed E-state index contributed by atoms with van der Waals surface area (Å²) in [4.78, 5) is 52.4. The van der Waals surface area contributed by atoms with Crippen molar-refractivity contribution in [3.63, 3.8) is 0 Å². The molecule has 0 fully saturated rings. The van der Waals surface area contributed by atoms with Gasteiger partial charge in [-0.25, -0.2) is 0 Å². The van der Waals surface area contributed by atoms with Crippen molar-refractivity contribution in [1.82, 2.24) is 26.2 Å². The Kier molecular flexibility index (Phi) is 19.4. The Balaban J connectivity index is 0.00000373. The second-order valence-corrected chi connectivity index (χ2v) is 11.9. The standard InChI is InChI=1S/C28H47N5O4.C4H10/c1-8-15-33(16-9-2)28(37)23-12-10-11-22(17-23)26(35)30-14-13-29-21(7)25(34)32-24(20(5)6)27(36)31-18-19(3)4;1-4(2)3/h10-12,17,19-21,24,29H,8-9,13-16,18H2,1-7H3,(H,30,35)(H,31,36)(H,32,34);4H,1-3H3. The molecule has 0 aromatic heterocycles. The highest BCUT2D eigenvalue weighted by molar-refractivity contribution is 5.99. The molecule has 41 heavy (non-hydrogen) atoms. The van der Waals surface area contributed by atoms with Gasteiger partial charge in [0.1, 0.15) is 6.04 Å². The third-order valence-corrected chi connectivity index (χ3v) is 5.83. The molecule has 0 aliphatic heterocycles. The molecule has 4 amide bonds. The maximum absolute atomic E-state index is 12.8. The zero-order valence-electron chi connectivity index (χ0n) is 27.2. The molecule has 1 aromatic rings. The first-order valence-electron chi connectivity index (χ1n) is 15.2. The molecular formula is C32H57N5O4. The summed E-state index contributed by atoms with van der Waals surface area (Å²) in [5, 5.41) is 11.6. The van der Waals surface area contributed by atoms with Crippen LogP contribution < -0.4 is 21.3 Å². The molecule has 2 unspecified atom stereocenters. The summed E-state index contributed by atoms with van der Waals surface area (Å²) >= 11 is 0. The monoisotopic (exact) mass is 575 g/mol. The summed E-state index contributed by atoms with van der Waals surface area (Å²) in [6, 6.07) is 5.58. The smallest absolute Gasteiger partial charge is 0.253 e. The summed E-state index contributed by atoms with van der Waals surface area (Å²) < 4.78 is 0. The second kappa shape index (κ2) is 20.9. The molecule has 1 aromatic carbocycles. The van der Waals surface area contributed by atoms with Crippen molar-refractivity contribution in [2.45, 2.75) is 94.2 Å². The minimum absolute atomic E-state index is 0.0544. The molecule has 0 radical (unpaired) electrons. The van der Waals surface area contributed by atoms with Gasteiger partial charge in [0.25, 0.3) is 11.8 Å². The Bertz CT molecular complexity index is 924.